The van der Waals surface area contributed by atoms with E-state index in [2.05, 4.69) is 10.6 Å². The summed E-state index contributed by atoms with van der Waals surface area (Å²) in [7, 11) is -0.634. The molecule has 0 aromatic heterocycles. The van der Waals surface area contributed by atoms with Crippen molar-refractivity contribution < 1.29 is 22.7 Å². The molecule has 26 heavy (non-hydrogen) atoms. The van der Waals surface area contributed by atoms with Gasteiger partial charge in [-0.2, -0.15) is 4.31 Å². The number of amides is 1. The van der Waals surface area contributed by atoms with Gasteiger partial charge < -0.3 is 20.1 Å². The van der Waals surface area contributed by atoms with Crippen molar-refractivity contribution in [2.75, 3.05) is 53.6 Å². The number of nitrogens with zero attached hydrogens (tertiary/aromatic N) is 1. The van der Waals surface area contributed by atoms with Gasteiger partial charge in [-0.1, -0.05) is 0 Å². The summed E-state index contributed by atoms with van der Waals surface area (Å²) in [5.41, 5.74) is 0.441. The van der Waals surface area contributed by atoms with Crippen molar-refractivity contribution in [2.45, 2.75) is 17.4 Å². The predicted octanol–water partition coefficient (Wildman–Crippen LogP) is 0.0618. The SMILES string of the molecule is COCCN(CCOC)S(=O)(=O)c1ccc(C(=O)NC2CCNC2)cc1. The number of carbonyl (C=O) groups is 1. The third kappa shape index (κ3) is 5.49. The molecule has 1 aliphatic rings. The van der Waals surface area contributed by atoms with Gasteiger partial charge in [-0.25, -0.2) is 8.42 Å². The fraction of sp³-hybridized carbons (Fsp3) is 0.588. The van der Waals surface area contributed by atoms with Crippen LogP contribution in [-0.4, -0.2) is 78.3 Å². The fourth-order valence-corrected chi connectivity index (χ4v) is 4.12. The number of rotatable bonds is 10. The molecule has 2 rings (SSSR count). The van der Waals surface area contributed by atoms with Gasteiger partial charge in [-0.15, -0.1) is 0 Å². The second-order valence-corrected chi connectivity index (χ2v) is 8.02. The Morgan fingerprint density at radius 2 is 1.81 bits per heavy atom. The highest BCUT2D eigenvalue weighted by atomic mass is 32.2. The quantitative estimate of drug-likeness (QED) is 0.591. The van der Waals surface area contributed by atoms with Gasteiger partial charge in [0.15, 0.2) is 0 Å². The van der Waals surface area contributed by atoms with Crippen molar-refractivity contribution in [3.8, 4) is 0 Å². The highest BCUT2D eigenvalue weighted by molar-refractivity contribution is 7.89. The number of benzene rings is 1. The maximum atomic E-state index is 12.8. The van der Waals surface area contributed by atoms with Crippen LogP contribution in [0.5, 0.6) is 0 Å². The minimum Gasteiger partial charge on any atom is -0.383 e. The molecule has 0 radical (unpaired) electrons. The second kappa shape index (κ2) is 9.98. The van der Waals surface area contributed by atoms with E-state index < -0.39 is 10.0 Å². The molecule has 1 fully saturated rings. The third-order valence-corrected chi connectivity index (χ3v) is 6.15. The molecule has 1 atom stereocenters. The van der Waals surface area contributed by atoms with E-state index >= 15 is 0 Å². The van der Waals surface area contributed by atoms with Gasteiger partial charge in [-0.05, 0) is 37.2 Å². The summed E-state index contributed by atoms with van der Waals surface area (Å²) in [5.74, 6) is -0.196. The van der Waals surface area contributed by atoms with Crippen LogP contribution >= 0.6 is 0 Å². The van der Waals surface area contributed by atoms with E-state index in [1.807, 2.05) is 0 Å². The van der Waals surface area contributed by atoms with Crippen molar-refractivity contribution in [3.05, 3.63) is 29.8 Å². The van der Waals surface area contributed by atoms with E-state index in [1.165, 1.54) is 42.8 Å². The van der Waals surface area contributed by atoms with E-state index in [1.54, 1.807) is 0 Å². The van der Waals surface area contributed by atoms with Gasteiger partial charge in [-0.3, -0.25) is 4.79 Å². The van der Waals surface area contributed by atoms with Crippen LogP contribution in [0.3, 0.4) is 0 Å². The lowest BCUT2D eigenvalue weighted by Gasteiger charge is -2.21. The van der Waals surface area contributed by atoms with E-state index in [0.29, 0.717) is 18.8 Å². The molecule has 1 unspecified atom stereocenters. The average molecular weight is 385 g/mol. The second-order valence-electron chi connectivity index (χ2n) is 6.08. The standard InChI is InChI=1S/C17H27N3O5S/c1-24-11-9-20(10-12-25-2)26(22,23)16-5-3-14(4-6-16)17(21)19-15-7-8-18-13-15/h3-6,15,18H,7-13H2,1-2H3,(H,19,21). The van der Waals surface area contributed by atoms with Crippen molar-refractivity contribution >= 4 is 15.9 Å². The lowest BCUT2D eigenvalue weighted by Crippen LogP contribution is -2.37. The zero-order valence-corrected chi connectivity index (χ0v) is 16.0. The lowest BCUT2D eigenvalue weighted by atomic mass is 10.2. The average Bonchev–Trinajstić information content (AvgIpc) is 3.14. The first-order valence-electron chi connectivity index (χ1n) is 8.58. The molecule has 1 aliphatic heterocycles. The maximum Gasteiger partial charge on any atom is 0.251 e. The molecule has 1 saturated heterocycles. The molecule has 2 N–H and O–H groups in total. The van der Waals surface area contributed by atoms with Crippen LogP contribution in [-0.2, 0) is 19.5 Å². The number of methoxy groups -OCH3 is 2. The molecule has 1 amide bonds. The van der Waals surface area contributed by atoms with Crippen molar-refractivity contribution in [2.24, 2.45) is 0 Å². The van der Waals surface area contributed by atoms with Crippen molar-refractivity contribution in [1.82, 2.24) is 14.9 Å². The molecule has 1 aromatic carbocycles. The first kappa shape index (κ1) is 20.8. The van der Waals surface area contributed by atoms with Gasteiger partial charge in [0.2, 0.25) is 10.0 Å². The van der Waals surface area contributed by atoms with E-state index in [9.17, 15) is 13.2 Å². The van der Waals surface area contributed by atoms with E-state index in [-0.39, 0.29) is 29.9 Å². The molecule has 1 aromatic rings. The molecule has 146 valence electrons. The minimum atomic E-state index is -3.68. The monoisotopic (exact) mass is 385 g/mol. The first-order chi connectivity index (χ1) is 12.5. The summed E-state index contributed by atoms with van der Waals surface area (Å²) < 4.78 is 36.9. The maximum absolute atomic E-state index is 12.8. The highest BCUT2D eigenvalue weighted by Gasteiger charge is 2.24. The highest BCUT2D eigenvalue weighted by Crippen LogP contribution is 2.17. The zero-order chi connectivity index (χ0) is 19.0. The molecule has 0 aliphatic carbocycles. The summed E-state index contributed by atoms with van der Waals surface area (Å²) in [5, 5.41) is 6.12. The van der Waals surface area contributed by atoms with Crippen LogP contribution in [0.15, 0.2) is 29.2 Å². The van der Waals surface area contributed by atoms with Crippen LogP contribution < -0.4 is 10.6 Å². The fourth-order valence-electron chi connectivity index (χ4n) is 2.71. The normalized spacial score (nSPS) is 17.6. The molecular formula is C17H27N3O5S. The Balaban J connectivity index is 2.09. The van der Waals surface area contributed by atoms with E-state index in [4.69, 9.17) is 9.47 Å². The Morgan fingerprint density at radius 1 is 1.19 bits per heavy atom. The van der Waals surface area contributed by atoms with Gasteiger partial charge in [0, 0.05) is 45.5 Å². The Hall–Kier alpha value is -1.52. The van der Waals surface area contributed by atoms with Crippen LogP contribution in [0.4, 0.5) is 0 Å². The molecule has 8 nitrogen and oxygen atoms in total. The number of ether oxygens (including phenoxy) is 2. The van der Waals surface area contributed by atoms with Gasteiger partial charge in [0.05, 0.1) is 18.1 Å². The van der Waals surface area contributed by atoms with Crippen molar-refractivity contribution in [3.63, 3.8) is 0 Å². The Labute approximate surface area is 154 Å². The van der Waals surface area contributed by atoms with Gasteiger partial charge in [0.1, 0.15) is 0 Å². The summed E-state index contributed by atoms with van der Waals surface area (Å²) in [6.45, 7) is 2.70. The Morgan fingerprint density at radius 3 is 2.31 bits per heavy atom. The number of nitrogens with one attached hydrogen (secondary N) is 2. The number of sulfonamides is 1. The molecule has 1 heterocycles. The molecule has 0 spiro atoms. The van der Waals surface area contributed by atoms with Crippen LogP contribution in [0.2, 0.25) is 0 Å². The summed E-state index contributed by atoms with van der Waals surface area (Å²) in [6.07, 6.45) is 0.895. The Kier molecular flexibility index (Phi) is 7.98. The minimum absolute atomic E-state index is 0.115. The Bertz CT molecular complexity index is 664. The predicted molar refractivity (Wildman–Crippen MR) is 97.7 cm³/mol. The van der Waals surface area contributed by atoms with E-state index in [0.717, 1.165) is 19.5 Å². The third-order valence-electron chi connectivity index (χ3n) is 4.24. The molecule has 9 heteroatoms. The van der Waals surface area contributed by atoms with Crippen molar-refractivity contribution in [1.29, 1.82) is 0 Å². The van der Waals surface area contributed by atoms with Crippen LogP contribution in [0.1, 0.15) is 16.8 Å². The smallest absolute Gasteiger partial charge is 0.251 e. The number of hydrogen-bond donors (Lipinski definition) is 2. The van der Waals surface area contributed by atoms with Gasteiger partial charge in [0.25, 0.3) is 5.91 Å². The molecule has 0 bridgehead atoms. The summed E-state index contributed by atoms with van der Waals surface area (Å²) in [4.78, 5) is 12.4. The number of hydrogen-bond acceptors (Lipinski definition) is 6. The van der Waals surface area contributed by atoms with Gasteiger partial charge >= 0.3 is 0 Å². The first-order valence-corrected chi connectivity index (χ1v) is 10.0. The van der Waals surface area contributed by atoms with Crippen LogP contribution in [0.25, 0.3) is 0 Å². The molecule has 0 saturated carbocycles. The molecular weight excluding hydrogens is 358 g/mol. The zero-order valence-electron chi connectivity index (χ0n) is 15.2. The van der Waals surface area contributed by atoms with Crippen LogP contribution in [0, 0.1) is 0 Å². The largest absolute Gasteiger partial charge is 0.383 e. The topological polar surface area (TPSA) is 97.0 Å². The summed E-state index contributed by atoms with van der Waals surface area (Å²) >= 11 is 0. The summed E-state index contributed by atoms with van der Waals surface area (Å²) in [6, 6.07) is 6.11. The lowest BCUT2D eigenvalue weighted by molar-refractivity contribution is 0.0940. The number of carbonyl (C=O) groups excluding carboxylic acids is 1.